The van der Waals surface area contributed by atoms with Crippen LogP contribution in [0.2, 0.25) is 0 Å². The molecule has 2 rings (SSSR count). The number of hydrogen-bond acceptors (Lipinski definition) is 3. The highest BCUT2D eigenvalue weighted by molar-refractivity contribution is 7.07. The van der Waals surface area contributed by atoms with Gasteiger partial charge in [-0.1, -0.05) is 6.92 Å². The summed E-state index contributed by atoms with van der Waals surface area (Å²) in [6.45, 7) is 6.95. The molecule has 0 radical (unpaired) electrons. The minimum Gasteiger partial charge on any atom is -0.373 e. The molecule has 112 valence electrons. The molecule has 1 aliphatic heterocycles. The lowest BCUT2D eigenvalue weighted by Gasteiger charge is -2.25. The molecule has 0 aliphatic carbocycles. The monoisotopic (exact) mass is 295 g/mol. The Morgan fingerprint density at radius 1 is 1.55 bits per heavy atom. The first-order chi connectivity index (χ1) is 9.63. The van der Waals surface area contributed by atoms with E-state index in [4.69, 9.17) is 4.74 Å². The summed E-state index contributed by atoms with van der Waals surface area (Å²) in [6.07, 6.45) is 2.27. The molecule has 1 aromatic heterocycles. The van der Waals surface area contributed by atoms with Crippen LogP contribution in [0.15, 0.2) is 21.8 Å². The second-order valence-electron chi connectivity index (χ2n) is 5.67. The summed E-state index contributed by atoms with van der Waals surface area (Å²) in [5, 5.41) is 11.1. The van der Waals surface area contributed by atoms with Crippen LogP contribution < -0.4 is 10.6 Å². The number of rotatable bonds is 5. The number of guanidine groups is 1. The standard InChI is InChI=1S/C15H25N3OS/c1-12(13-5-8-20-10-13)9-17-14(16-3)18-11-15(2)6-4-7-19-15/h5,8,10,12H,4,6-7,9,11H2,1-3H3,(H2,16,17,18). The van der Waals surface area contributed by atoms with E-state index >= 15 is 0 Å². The number of nitrogens with one attached hydrogen (secondary N) is 2. The third-order valence-electron chi connectivity index (χ3n) is 3.84. The van der Waals surface area contributed by atoms with Gasteiger partial charge in [-0.15, -0.1) is 0 Å². The first-order valence-corrected chi connectivity index (χ1v) is 8.18. The van der Waals surface area contributed by atoms with Crippen LogP contribution in [0, 0.1) is 0 Å². The summed E-state index contributed by atoms with van der Waals surface area (Å²) < 4.78 is 5.78. The van der Waals surface area contributed by atoms with Crippen LogP contribution in [0.4, 0.5) is 0 Å². The van der Waals surface area contributed by atoms with Gasteiger partial charge in [0, 0.05) is 26.7 Å². The molecule has 2 heterocycles. The molecule has 0 bridgehead atoms. The second kappa shape index (κ2) is 7.09. The maximum absolute atomic E-state index is 5.78. The third-order valence-corrected chi connectivity index (χ3v) is 4.54. The van der Waals surface area contributed by atoms with E-state index in [0.29, 0.717) is 5.92 Å². The molecule has 2 N–H and O–H groups in total. The van der Waals surface area contributed by atoms with Crippen LogP contribution >= 0.6 is 11.3 Å². The lowest BCUT2D eigenvalue weighted by atomic mass is 10.0. The van der Waals surface area contributed by atoms with E-state index in [2.05, 4.69) is 46.3 Å². The Bertz CT molecular complexity index is 424. The van der Waals surface area contributed by atoms with Crippen molar-refractivity contribution < 1.29 is 4.74 Å². The van der Waals surface area contributed by atoms with Crippen molar-refractivity contribution in [2.24, 2.45) is 4.99 Å². The Morgan fingerprint density at radius 3 is 3.00 bits per heavy atom. The van der Waals surface area contributed by atoms with Crippen LogP contribution in [0.25, 0.3) is 0 Å². The lowest BCUT2D eigenvalue weighted by Crippen LogP contribution is -2.46. The first-order valence-electron chi connectivity index (χ1n) is 7.23. The van der Waals surface area contributed by atoms with Crippen molar-refractivity contribution in [1.82, 2.24) is 10.6 Å². The molecule has 1 fully saturated rings. The summed E-state index contributed by atoms with van der Waals surface area (Å²) in [7, 11) is 1.81. The zero-order chi connectivity index (χ0) is 14.4. The zero-order valence-electron chi connectivity index (χ0n) is 12.6. The fraction of sp³-hybridized carbons (Fsp3) is 0.667. The predicted molar refractivity (Wildman–Crippen MR) is 85.7 cm³/mol. The summed E-state index contributed by atoms with van der Waals surface area (Å²) in [5.41, 5.74) is 1.33. The van der Waals surface area contributed by atoms with Gasteiger partial charge in [-0.25, -0.2) is 0 Å². The molecular formula is C15H25N3OS. The van der Waals surface area contributed by atoms with E-state index in [1.807, 2.05) is 7.05 Å². The van der Waals surface area contributed by atoms with Crippen molar-refractivity contribution in [3.8, 4) is 0 Å². The highest BCUT2D eigenvalue weighted by atomic mass is 32.1. The maximum atomic E-state index is 5.78. The molecule has 5 heteroatoms. The number of thiophene rings is 1. The van der Waals surface area contributed by atoms with Gasteiger partial charge in [-0.2, -0.15) is 11.3 Å². The van der Waals surface area contributed by atoms with Gasteiger partial charge in [0.25, 0.3) is 0 Å². The number of hydrogen-bond donors (Lipinski definition) is 2. The summed E-state index contributed by atoms with van der Waals surface area (Å²) in [6, 6.07) is 2.18. The average molecular weight is 295 g/mol. The highest BCUT2D eigenvalue weighted by Gasteiger charge is 2.29. The largest absolute Gasteiger partial charge is 0.373 e. The molecule has 1 aliphatic rings. The highest BCUT2D eigenvalue weighted by Crippen LogP contribution is 2.23. The Labute approximate surface area is 125 Å². The van der Waals surface area contributed by atoms with E-state index in [1.54, 1.807) is 11.3 Å². The van der Waals surface area contributed by atoms with E-state index < -0.39 is 0 Å². The maximum Gasteiger partial charge on any atom is 0.191 e. The molecule has 0 amide bonds. The van der Waals surface area contributed by atoms with Gasteiger partial charge < -0.3 is 15.4 Å². The first kappa shape index (κ1) is 15.3. The van der Waals surface area contributed by atoms with Crippen molar-refractivity contribution in [2.75, 3.05) is 26.7 Å². The van der Waals surface area contributed by atoms with Gasteiger partial charge in [-0.05, 0) is 48.1 Å². The molecule has 20 heavy (non-hydrogen) atoms. The van der Waals surface area contributed by atoms with Crippen molar-refractivity contribution in [1.29, 1.82) is 0 Å². The topological polar surface area (TPSA) is 45.7 Å². The van der Waals surface area contributed by atoms with E-state index in [1.165, 1.54) is 5.56 Å². The van der Waals surface area contributed by atoms with Gasteiger partial charge in [0.05, 0.1) is 5.60 Å². The molecule has 2 unspecified atom stereocenters. The molecule has 1 saturated heterocycles. The average Bonchev–Trinajstić information content (AvgIpc) is 3.10. The molecule has 1 aromatic rings. The minimum atomic E-state index is -0.0450. The van der Waals surface area contributed by atoms with E-state index in [9.17, 15) is 0 Å². The SMILES string of the molecule is CN=C(NCC(C)c1ccsc1)NCC1(C)CCCO1. The Kier molecular flexibility index (Phi) is 5.43. The van der Waals surface area contributed by atoms with Gasteiger partial charge in [0.2, 0.25) is 0 Å². The van der Waals surface area contributed by atoms with Crippen molar-refractivity contribution in [3.63, 3.8) is 0 Å². The number of ether oxygens (including phenoxy) is 1. The fourth-order valence-electron chi connectivity index (χ4n) is 2.39. The van der Waals surface area contributed by atoms with Crippen LogP contribution in [-0.2, 0) is 4.74 Å². The van der Waals surface area contributed by atoms with E-state index in [-0.39, 0.29) is 5.60 Å². The second-order valence-corrected chi connectivity index (χ2v) is 6.45. The number of nitrogens with zero attached hydrogens (tertiary/aromatic N) is 1. The Morgan fingerprint density at radius 2 is 2.40 bits per heavy atom. The Hall–Kier alpha value is -1.07. The molecule has 0 saturated carbocycles. The molecule has 2 atom stereocenters. The third kappa shape index (κ3) is 4.21. The molecular weight excluding hydrogens is 270 g/mol. The molecule has 0 aromatic carbocycles. The van der Waals surface area contributed by atoms with Gasteiger partial charge in [-0.3, -0.25) is 4.99 Å². The fourth-order valence-corrected chi connectivity index (χ4v) is 3.17. The van der Waals surface area contributed by atoms with Gasteiger partial charge >= 0.3 is 0 Å². The van der Waals surface area contributed by atoms with Crippen molar-refractivity contribution in [3.05, 3.63) is 22.4 Å². The smallest absolute Gasteiger partial charge is 0.191 e. The van der Waals surface area contributed by atoms with Crippen LogP contribution in [0.1, 0.15) is 38.2 Å². The van der Waals surface area contributed by atoms with Crippen molar-refractivity contribution in [2.45, 2.75) is 38.2 Å². The van der Waals surface area contributed by atoms with Gasteiger partial charge in [0.15, 0.2) is 5.96 Å². The molecule has 0 spiro atoms. The van der Waals surface area contributed by atoms with Crippen LogP contribution in [0.5, 0.6) is 0 Å². The van der Waals surface area contributed by atoms with E-state index in [0.717, 1.165) is 38.5 Å². The summed E-state index contributed by atoms with van der Waals surface area (Å²) >= 11 is 1.74. The summed E-state index contributed by atoms with van der Waals surface area (Å²) in [4.78, 5) is 4.27. The summed E-state index contributed by atoms with van der Waals surface area (Å²) in [5.74, 6) is 1.34. The minimum absolute atomic E-state index is 0.0450. The lowest BCUT2D eigenvalue weighted by molar-refractivity contribution is 0.0243. The van der Waals surface area contributed by atoms with Crippen LogP contribution in [-0.4, -0.2) is 38.3 Å². The Balaban J connectivity index is 1.75. The zero-order valence-corrected chi connectivity index (χ0v) is 13.4. The normalized spacial score (nSPS) is 24.6. The van der Waals surface area contributed by atoms with Crippen LogP contribution in [0.3, 0.4) is 0 Å². The van der Waals surface area contributed by atoms with Gasteiger partial charge in [0.1, 0.15) is 0 Å². The van der Waals surface area contributed by atoms with Crippen molar-refractivity contribution >= 4 is 17.3 Å². The quantitative estimate of drug-likeness (QED) is 0.648. The molecule has 4 nitrogen and oxygen atoms in total. The predicted octanol–water partition coefficient (Wildman–Crippen LogP) is 2.59. The number of aliphatic imine (C=N–C) groups is 1.